The molecular weight excluding hydrogens is 571 g/mol. The fourth-order valence-electron chi connectivity index (χ4n) is 4.22. The van der Waals surface area contributed by atoms with Crippen LogP contribution in [0.3, 0.4) is 0 Å². The van der Waals surface area contributed by atoms with Gasteiger partial charge in [-0.25, -0.2) is 4.79 Å². The number of nitrogens with zero attached hydrogens (tertiary/aromatic N) is 1. The maximum Gasteiger partial charge on any atom is 0.315 e. The van der Waals surface area contributed by atoms with Crippen molar-refractivity contribution in [2.45, 2.75) is 57.8 Å². The summed E-state index contributed by atoms with van der Waals surface area (Å²) < 4.78 is 10.7. The third-order valence-corrected chi connectivity index (χ3v) is 9.04. The molecule has 214 valence electrons. The molecule has 0 radical (unpaired) electrons. The lowest BCUT2D eigenvalue weighted by Crippen LogP contribution is -2.45. The molecule has 2 atom stereocenters. The summed E-state index contributed by atoms with van der Waals surface area (Å²) in [5, 5.41) is 19.2. The fraction of sp³-hybridized carbons (Fsp3) is 0.393. The van der Waals surface area contributed by atoms with Crippen LogP contribution in [0.15, 0.2) is 53.2 Å². The van der Waals surface area contributed by atoms with Crippen LogP contribution in [0, 0.1) is 0 Å². The van der Waals surface area contributed by atoms with E-state index in [9.17, 15) is 19.5 Å². The Balaban J connectivity index is 1.38. The van der Waals surface area contributed by atoms with Crippen molar-refractivity contribution in [3.05, 3.63) is 68.5 Å². The highest BCUT2D eigenvalue weighted by atomic mass is 32.2. The lowest BCUT2D eigenvalue weighted by atomic mass is 10.0. The van der Waals surface area contributed by atoms with E-state index in [4.69, 9.17) is 9.47 Å². The molecule has 4 rings (SSSR count). The molecule has 3 N–H and O–H groups in total. The molecule has 2 aromatic heterocycles. The number of carbonyl (C=O) groups is 3. The zero-order valence-electron chi connectivity index (χ0n) is 22.2. The average Bonchev–Trinajstić information content (AvgIpc) is 3.72. The van der Waals surface area contributed by atoms with Crippen LogP contribution in [0.2, 0.25) is 0 Å². The summed E-state index contributed by atoms with van der Waals surface area (Å²) in [5.74, 6) is 0.463. The van der Waals surface area contributed by atoms with Gasteiger partial charge in [-0.05, 0) is 47.0 Å². The Morgan fingerprint density at radius 1 is 1.02 bits per heavy atom. The molecule has 0 unspecified atom stereocenters. The summed E-state index contributed by atoms with van der Waals surface area (Å²) in [6, 6.07) is 11.6. The van der Waals surface area contributed by atoms with E-state index in [0.29, 0.717) is 42.3 Å². The van der Waals surface area contributed by atoms with E-state index in [2.05, 4.69) is 17.6 Å². The Kier molecular flexibility index (Phi) is 11.1. The Morgan fingerprint density at radius 3 is 2.35 bits per heavy atom. The number of benzene rings is 1. The highest BCUT2D eigenvalue weighted by Gasteiger charge is 2.24. The first kappa shape index (κ1) is 29.8. The van der Waals surface area contributed by atoms with E-state index in [0.717, 1.165) is 22.6 Å². The zero-order chi connectivity index (χ0) is 28.3. The SMILES string of the molecule is CCCC[C@@H](CSC(=O)N(Cc1cccs1)Cc1cccs1)NC(=O)N[C@@H](CC(=O)O)c1ccc2c(c1)OCO2. The third-order valence-electron chi connectivity index (χ3n) is 6.24. The number of ether oxygens (including phenoxy) is 2. The molecule has 9 nitrogen and oxygen atoms in total. The summed E-state index contributed by atoms with van der Waals surface area (Å²) in [5.41, 5.74) is 0.606. The summed E-state index contributed by atoms with van der Waals surface area (Å²) in [6.45, 7) is 3.23. The van der Waals surface area contributed by atoms with Gasteiger partial charge >= 0.3 is 12.0 Å². The minimum Gasteiger partial charge on any atom is -0.481 e. The molecule has 0 spiro atoms. The predicted molar refractivity (Wildman–Crippen MR) is 158 cm³/mol. The number of hydrogen-bond acceptors (Lipinski definition) is 8. The number of carboxylic acid groups (broad SMARTS) is 1. The maximum absolute atomic E-state index is 13.3. The average molecular weight is 604 g/mol. The van der Waals surface area contributed by atoms with Crippen LogP contribution in [0.5, 0.6) is 11.5 Å². The van der Waals surface area contributed by atoms with E-state index in [1.54, 1.807) is 40.9 Å². The number of carboxylic acids is 1. The van der Waals surface area contributed by atoms with Crippen LogP contribution in [0.25, 0.3) is 0 Å². The highest BCUT2D eigenvalue weighted by Crippen LogP contribution is 2.35. The number of nitrogens with one attached hydrogen (secondary N) is 2. The van der Waals surface area contributed by atoms with Crippen molar-refractivity contribution in [3.63, 3.8) is 0 Å². The van der Waals surface area contributed by atoms with Crippen molar-refractivity contribution in [2.75, 3.05) is 12.5 Å². The van der Waals surface area contributed by atoms with E-state index in [1.165, 1.54) is 11.8 Å². The molecule has 40 heavy (non-hydrogen) atoms. The van der Waals surface area contributed by atoms with Gasteiger partial charge in [0.05, 0.1) is 25.6 Å². The number of amides is 3. The van der Waals surface area contributed by atoms with Crippen LogP contribution >= 0.6 is 34.4 Å². The van der Waals surface area contributed by atoms with Gasteiger partial charge in [0, 0.05) is 21.5 Å². The lowest BCUT2D eigenvalue weighted by molar-refractivity contribution is -0.137. The van der Waals surface area contributed by atoms with Gasteiger partial charge in [-0.15, -0.1) is 22.7 Å². The van der Waals surface area contributed by atoms with Crippen LogP contribution in [-0.4, -0.2) is 45.8 Å². The molecule has 3 heterocycles. The van der Waals surface area contributed by atoms with Gasteiger partial charge in [-0.1, -0.05) is 49.7 Å². The normalized spacial score (nSPS) is 13.4. The van der Waals surface area contributed by atoms with Crippen molar-refractivity contribution >= 4 is 51.7 Å². The standard InChI is InChI=1S/C28H33N3O6S3/c1-2-3-6-20(17-40-28(35)31(15-21-7-4-11-38-21)16-22-8-5-12-39-22)29-27(34)30-23(14-26(32)33)19-9-10-24-25(13-19)37-18-36-24/h4-5,7-13,20,23H,2-3,6,14-18H2,1H3,(H,32,33)(H2,29,30,34)/t20-,23-/m0/s1. The second kappa shape index (κ2) is 15.0. The number of aliphatic carboxylic acids is 1. The summed E-state index contributed by atoms with van der Waals surface area (Å²) in [6.07, 6.45) is 2.24. The molecule has 1 aliphatic rings. The molecule has 0 saturated carbocycles. The Morgan fingerprint density at radius 2 is 1.73 bits per heavy atom. The van der Waals surface area contributed by atoms with Crippen LogP contribution in [-0.2, 0) is 17.9 Å². The minimum absolute atomic E-state index is 0.0466. The first-order valence-electron chi connectivity index (χ1n) is 13.1. The van der Waals surface area contributed by atoms with Gasteiger partial charge in [0.1, 0.15) is 0 Å². The number of rotatable bonds is 14. The molecule has 0 saturated heterocycles. The van der Waals surface area contributed by atoms with Gasteiger partial charge in [-0.2, -0.15) is 0 Å². The fourth-order valence-corrected chi connectivity index (χ4v) is 6.56. The molecule has 1 aromatic carbocycles. The number of carbonyl (C=O) groups excluding carboxylic acids is 2. The molecular formula is C28H33N3O6S3. The number of fused-ring (bicyclic) bond motifs is 1. The van der Waals surface area contributed by atoms with Crippen LogP contribution in [0.1, 0.15) is 54.0 Å². The Hall–Kier alpha value is -3.22. The van der Waals surface area contributed by atoms with Gasteiger partial charge in [-0.3, -0.25) is 9.59 Å². The van der Waals surface area contributed by atoms with Crippen molar-refractivity contribution in [3.8, 4) is 11.5 Å². The largest absolute Gasteiger partial charge is 0.481 e. The molecule has 0 fully saturated rings. The Labute approximate surface area is 245 Å². The van der Waals surface area contributed by atoms with E-state index >= 15 is 0 Å². The smallest absolute Gasteiger partial charge is 0.315 e. The van der Waals surface area contributed by atoms with E-state index in [1.807, 2.05) is 39.9 Å². The Bertz CT molecular complexity index is 1220. The highest BCUT2D eigenvalue weighted by molar-refractivity contribution is 8.13. The third kappa shape index (κ3) is 8.90. The molecule has 3 amide bonds. The first-order valence-corrected chi connectivity index (χ1v) is 15.8. The number of urea groups is 1. The van der Waals surface area contributed by atoms with Gasteiger partial charge in [0.2, 0.25) is 6.79 Å². The predicted octanol–water partition coefficient (Wildman–Crippen LogP) is 6.47. The van der Waals surface area contributed by atoms with Crippen molar-refractivity contribution in [1.29, 1.82) is 0 Å². The zero-order valence-corrected chi connectivity index (χ0v) is 24.6. The second-order valence-electron chi connectivity index (χ2n) is 9.31. The lowest BCUT2D eigenvalue weighted by Gasteiger charge is -2.24. The van der Waals surface area contributed by atoms with Crippen LogP contribution in [0.4, 0.5) is 9.59 Å². The maximum atomic E-state index is 13.3. The quantitative estimate of drug-likeness (QED) is 0.193. The molecule has 1 aliphatic heterocycles. The topological polar surface area (TPSA) is 117 Å². The molecule has 0 aliphatic carbocycles. The monoisotopic (exact) mass is 603 g/mol. The van der Waals surface area contributed by atoms with Gasteiger partial charge < -0.3 is 30.1 Å². The number of thioether (sulfide) groups is 1. The molecule has 3 aromatic rings. The summed E-state index contributed by atoms with van der Waals surface area (Å²) >= 11 is 4.43. The van der Waals surface area contributed by atoms with Gasteiger partial charge in [0.15, 0.2) is 11.5 Å². The molecule has 12 heteroatoms. The minimum atomic E-state index is -1.04. The van der Waals surface area contributed by atoms with E-state index < -0.39 is 18.0 Å². The number of hydrogen-bond donors (Lipinski definition) is 3. The van der Waals surface area contributed by atoms with Crippen LogP contribution < -0.4 is 20.1 Å². The van der Waals surface area contributed by atoms with E-state index in [-0.39, 0.29) is 24.5 Å². The second-order valence-corrected chi connectivity index (χ2v) is 12.3. The van der Waals surface area contributed by atoms with Crippen molar-refractivity contribution in [1.82, 2.24) is 15.5 Å². The summed E-state index contributed by atoms with van der Waals surface area (Å²) in [7, 11) is 0. The first-order chi connectivity index (χ1) is 19.4. The summed E-state index contributed by atoms with van der Waals surface area (Å²) in [4.78, 5) is 42.0. The van der Waals surface area contributed by atoms with Crippen molar-refractivity contribution in [2.24, 2.45) is 0 Å². The number of unbranched alkanes of at least 4 members (excludes halogenated alkanes) is 1. The number of thiophene rings is 2. The van der Waals surface area contributed by atoms with Crippen molar-refractivity contribution < 1.29 is 29.0 Å². The van der Waals surface area contributed by atoms with Gasteiger partial charge in [0.25, 0.3) is 5.24 Å². The molecule has 0 bridgehead atoms.